The van der Waals surface area contributed by atoms with Gasteiger partial charge in [0.05, 0.1) is 6.61 Å². The third-order valence-corrected chi connectivity index (χ3v) is 5.42. The molecular weight excluding hydrogens is 387 g/mol. The van der Waals surface area contributed by atoms with Gasteiger partial charge >= 0.3 is 0 Å². The van der Waals surface area contributed by atoms with Crippen molar-refractivity contribution in [3.8, 4) is 0 Å². The maximum absolute atomic E-state index is 15.0. The molecule has 0 heterocycles. The number of halogens is 1. The monoisotopic (exact) mass is 416 g/mol. The minimum Gasteiger partial charge on any atom is -0.478 e. The molecular formula is C27H29FN2O. The first-order valence-corrected chi connectivity index (χ1v) is 10.7. The predicted octanol–water partition coefficient (Wildman–Crippen LogP) is 6.15. The van der Waals surface area contributed by atoms with Crippen molar-refractivity contribution < 1.29 is 9.13 Å². The Bertz CT molecular complexity index is 1040. The van der Waals surface area contributed by atoms with Crippen LogP contribution in [0.5, 0.6) is 0 Å². The molecule has 0 amide bonds. The summed E-state index contributed by atoms with van der Waals surface area (Å²) in [6.45, 7) is 4.11. The van der Waals surface area contributed by atoms with Gasteiger partial charge in [-0.25, -0.2) is 4.39 Å². The van der Waals surface area contributed by atoms with Crippen LogP contribution < -0.4 is 0 Å². The summed E-state index contributed by atoms with van der Waals surface area (Å²) < 4.78 is 20.3. The summed E-state index contributed by atoms with van der Waals surface area (Å²) in [5.41, 5.74) is 5.95. The SMILES string of the molecule is CCOC(=N)c1ccc(CCc2cccc(CCc3ccc(C(C)=N)cc3)c2F)cc1. The third kappa shape index (κ3) is 6.11. The summed E-state index contributed by atoms with van der Waals surface area (Å²) in [4.78, 5) is 0. The molecule has 0 fully saturated rings. The summed E-state index contributed by atoms with van der Waals surface area (Å²) >= 11 is 0. The molecule has 3 rings (SSSR count). The van der Waals surface area contributed by atoms with E-state index in [1.807, 2.05) is 73.7 Å². The average Bonchev–Trinajstić information content (AvgIpc) is 2.78. The van der Waals surface area contributed by atoms with Gasteiger partial charge in [0.15, 0.2) is 0 Å². The molecule has 0 aliphatic rings. The van der Waals surface area contributed by atoms with Crippen LogP contribution in [0, 0.1) is 16.6 Å². The third-order valence-electron chi connectivity index (χ3n) is 5.42. The zero-order valence-electron chi connectivity index (χ0n) is 18.2. The minimum absolute atomic E-state index is 0.107. The van der Waals surface area contributed by atoms with E-state index in [2.05, 4.69) is 0 Å². The van der Waals surface area contributed by atoms with E-state index in [0.717, 1.165) is 46.2 Å². The van der Waals surface area contributed by atoms with Crippen molar-refractivity contribution in [2.75, 3.05) is 6.61 Å². The Morgan fingerprint density at radius 3 is 1.68 bits per heavy atom. The van der Waals surface area contributed by atoms with Gasteiger partial charge in [-0.3, -0.25) is 5.41 Å². The molecule has 0 radical (unpaired) electrons. The fraction of sp³-hybridized carbons (Fsp3) is 0.259. The van der Waals surface area contributed by atoms with Crippen molar-refractivity contribution in [2.45, 2.75) is 39.5 Å². The molecule has 3 aromatic rings. The van der Waals surface area contributed by atoms with Crippen molar-refractivity contribution in [3.63, 3.8) is 0 Å². The van der Waals surface area contributed by atoms with Crippen LogP contribution in [0.4, 0.5) is 4.39 Å². The lowest BCUT2D eigenvalue weighted by Gasteiger charge is -2.10. The number of benzene rings is 3. The van der Waals surface area contributed by atoms with Gasteiger partial charge in [-0.05, 0) is 79.5 Å². The maximum Gasteiger partial charge on any atom is 0.213 e. The molecule has 0 unspecified atom stereocenters. The van der Waals surface area contributed by atoms with Crippen LogP contribution in [0.2, 0.25) is 0 Å². The van der Waals surface area contributed by atoms with Crippen molar-refractivity contribution >= 4 is 11.6 Å². The van der Waals surface area contributed by atoms with Gasteiger partial charge in [0.2, 0.25) is 5.90 Å². The number of ether oxygens (including phenoxy) is 1. The fourth-order valence-corrected chi connectivity index (χ4v) is 3.55. The highest BCUT2D eigenvalue weighted by atomic mass is 19.1. The van der Waals surface area contributed by atoms with E-state index in [9.17, 15) is 0 Å². The average molecular weight is 417 g/mol. The van der Waals surface area contributed by atoms with Crippen LogP contribution in [0.15, 0.2) is 66.7 Å². The molecule has 160 valence electrons. The molecule has 0 aromatic heterocycles. The van der Waals surface area contributed by atoms with Crippen LogP contribution in [-0.4, -0.2) is 18.2 Å². The first kappa shape index (κ1) is 22.4. The highest BCUT2D eigenvalue weighted by molar-refractivity contribution is 5.96. The largest absolute Gasteiger partial charge is 0.478 e. The molecule has 4 heteroatoms. The molecule has 0 atom stereocenters. The quantitative estimate of drug-likeness (QED) is 0.319. The summed E-state index contributed by atoms with van der Waals surface area (Å²) in [6.07, 6.45) is 2.80. The second kappa shape index (κ2) is 10.7. The summed E-state index contributed by atoms with van der Waals surface area (Å²) in [5.74, 6) is 0.0691. The molecule has 0 bridgehead atoms. The van der Waals surface area contributed by atoms with E-state index in [1.165, 1.54) is 0 Å². The van der Waals surface area contributed by atoms with Gasteiger partial charge in [-0.1, -0.05) is 54.6 Å². The molecule has 0 spiro atoms. The lowest BCUT2D eigenvalue weighted by molar-refractivity contribution is 0.325. The normalized spacial score (nSPS) is 10.7. The lowest BCUT2D eigenvalue weighted by atomic mass is 9.97. The number of nitrogens with one attached hydrogen (secondary N) is 2. The van der Waals surface area contributed by atoms with Gasteiger partial charge in [-0.15, -0.1) is 0 Å². The van der Waals surface area contributed by atoms with Crippen molar-refractivity contribution in [2.24, 2.45) is 0 Å². The van der Waals surface area contributed by atoms with E-state index in [4.69, 9.17) is 15.6 Å². The molecule has 0 aliphatic carbocycles. The first-order valence-electron chi connectivity index (χ1n) is 10.7. The number of hydrogen-bond acceptors (Lipinski definition) is 3. The van der Waals surface area contributed by atoms with Crippen LogP contribution in [0.3, 0.4) is 0 Å². The Hall–Kier alpha value is -3.27. The Kier molecular flexibility index (Phi) is 7.71. The maximum atomic E-state index is 15.0. The number of aryl methyl sites for hydroxylation is 4. The van der Waals surface area contributed by atoms with Gasteiger partial charge in [0.25, 0.3) is 0 Å². The second-order valence-electron chi connectivity index (χ2n) is 7.67. The highest BCUT2D eigenvalue weighted by Gasteiger charge is 2.09. The Labute approximate surface area is 183 Å². The standard InChI is InChI=1S/C27H29FN2O/c1-3-31-27(30)25-17-11-21(12-18-25)10-16-24-6-4-5-23(26(24)28)15-9-20-7-13-22(14-8-20)19(2)29/h4-8,11-14,17-18,29-30H,3,9-10,15-16H2,1-2H3. The van der Waals surface area contributed by atoms with Crippen LogP contribution >= 0.6 is 0 Å². The fourth-order valence-electron chi connectivity index (χ4n) is 3.55. The Morgan fingerprint density at radius 2 is 1.23 bits per heavy atom. The van der Waals surface area contributed by atoms with Crippen LogP contribution in [0.1, 0.15) is 47.2 Å². The van der Waals surface area contributed by atoms with Crippen LogP contribution in [-0.2, 0) is 30.4 Å². The van der Waals surface area contributed by atoms with E-state index in [0.29, 0.717) is 25.2 Å². The van der Waals surface area contributed by atoms with Crippen molar-refractivity contribution in [3.05, 3.63) is 106 Å². The van der Waals surface area contributed by atoms with E-state index >= 15 is 4.39 Å². The first-order chi connectivity index (χ1) is 15.0. The molecule has 2 N–H and O–H groups in total. The topological polar surface area (TPSA) is 56.9 Å². The van der Waals surface area contributed by atoms with Gasteiger partial charge in [0.1, 0.15) is 5.82 Å². The Balaban J connectivity index is 1.60. The summed E-state index contributed by atoms with van der Waals surface area (Å²) in [7, 11) is 0. The zero-order chi connectivity index (χ0) is 22.2. The van der Waals surface area contributed by atoms with Crippen molar-refractivity contribution in [1.82, 2.24) is 0 Å². The molecule has 31 heavy (non-hydrogen) atoms. The smallest absolute Gasteiger partial charge is 0.213 e. The van der Waals surface area contributed by atoms with E-state index in [1.54, 1.807) is 6.92 Å². The molecule has 0 aliphatic heterocycles. The Morgan fingerprint density at radius 1 is 0.742 bits per heavy atom. The number of rotatable bonds is 9. The summed E-state index contributed by atoms with van der Waals surface area (Å²) in [5, 5.41) is 15.5. The van der Waals surface area contributed by atoms with Gasteiger partial charge < -0.3 is 10.1 Å². The molecule has 3 nitrogen and oxygen atoms in total. The van der Waals surface area contributed by atoms with Gasteiger partial charge in [0, 0.05) is 11.3 Å². The predicted molar refractivity (Wildman–Crippen MR) is 125 cm³/mol. The number of hydrogen-bond donors (Lipinski definition) is 2. The molecule has 0 saturated heterocycles. The van der Waals surface area contributed by atoms with Gasteiger partial charge in [-0.2, -0.15) is 0 Å². The zero-order valence-corrected chi connectivity index (χ0v) is 18.2. The van der Waals surface area contributed by atoms with E-state index < -0.39 is 0 Å². The molecule has 3 aromatic carbocycles. The molecule has 0 saturated carbocycles. The minimum atomic E-state index is -0.107. The van der Waals surface area contributed by atoms with Crippen LogP contribution in [0.25, 0.3) is 0 Å². The lowest BCUT2D eigenvalue weighted by Crippen LogP contribution is -2.05. The van der Waals surface area contributed by atoms with Crippen molar-refractivity contribution in [1.29, 1.82) is 10.8 Å². The summed E-state index contributed by atoms with van der Waals surface area (Å²) in [6, 6.07) is 21.3. The second-order valence-corrected chi connectivity index (χ2v) is 7.67. The van der Waals surface area contributed by atoms with E-state index in [-0.39, 0.29) is 11.7 Å². The highest BCUT2D eigenvalue weighted by Crippen LogP contribution is 2.18.